The molecule has 0 aromatic heterocycles. The van der Waals surface area contributed by atoms with Gasteiger partial charge in [-0.3, -0.25) is 4.79 Å². The minimum absolute atomic E-state index is 0.246. The number of carbonyl (C=O) groups is 1. The highest BCUT2D eigenvalue weighted by atomic mass is 35.5. The van der Waals surface area contributed by atoms with Gasteiger partial charge < -0.3 is 16.4 Å². The van der Waals surface area contributed by atoms with E-state index in [0.717, 1.165) is 0 Å². The van der Waals surface area contributed by atoms with Crippen molar-refractivity contribution in [3.63, 3.8) is 0 Å². The number of anilines is 2. The maximum absolute atomic E-state index is 11.3. The van der Waals surface area contributed by atoms with Crippen molar-refractivity contribution >= 4 is 28.9 Å². The summed E-state index contributed by atoms with van der Waals surface area (Å²) in [5.74, 6) is -0.246. The Labute approximate surface area is 87.4 Å². The number of nitrogens with two attached hydrogens (primary N) is 1. The van der Waals surface area contributed by atoms with E-state index in [1.807, 2.05) is 0 Å². The van der Waals surface area contributed by atoms with Gasteiger partial charge >= 0.3 is 0 Å². The van der Waals surface area contributed by atoms with Crippen LogP contribution in [0.1, 0.15) is 10.4 Å². The topological polar surface area (TPSA) is 67.2 Å². The van der Waals surface area contributed by atoms with Crippen molar-refractivity contribution < 1.29 is 4.79 Å². The van der Waals surface area contributed by atoms with Gasteiger partial charge in [-0.15, -0.1) is 0 Å². The lowest BCUT2D eigenvalue weighted by atomic mass is 10.1. The third-order valence-electron chi connectivity index (χ3n) is 1.88. The Kier molecular flexibility index (Phi) is 3.19. The minimum Gasteiger partial charge on any atom is -0.397 e. The van der Waals surface area contributed by atoms with Crippen molar-refractivity contribution in [3.8, 4) is 0 Å². The first-order valence-electron chi connectivity index (χ1n) is 4.09. The molecule has 76 valence electrons. The average molecular weight is 214 g/mol. The number of benzene rings is 1. The van der Waals surface area contributed by atoms with Gasteiger partial charge in [0.15, 0.2) is 0 Å². The zero-order chi connectivity index (χ0) is 10.7. The second-order valence-electron chi connectivity index (χ2n) is 2.75. The summed E-state index contributed by atoms with van der Waals surface area (Å²) >= 11 is 5.90. The van der Waals surface area contributed by atoms with Crippen molar-refractivity contribution in [2.75, 3.05) is 25.1 Å². The quantitative estimate of drug-likeness (QED) is 0.650. The molecule has 4 N–H and O–H groups in total. The molecule has 1 aromatic rings. The van der Waals surface area contributed by atoms with Crippen LogP contribution in [0.15, 0.2) is 12.1 Å². The summed E-state index contributed by atoms with van der Waals surface area (Å²) in [4.78, 5) is 11.3. The largest absolute Gasteiger partial charge is 0.397 e. The van der Waals surface area contributed by atoms with Crippen LogP contribution in [-0.4, -0.2) is 20.0 Å². The first-order chi connectivity index (χ1) is 6.60. The second kappa shape index (κ2) is 4.19. The van der Waals surface area contributed by atoms with E-state index in [4.69, 9.17) is 17.3 Å². The maximum Gasteiger partial charge on any atom is 0.252 e. The summed E-state index contributed by atoms with van der Waals surface area (Å²) in [6.07, 6.45) is 0. The van der Waals surface area contributed by atoms with Gasteiger partial charge in [-0.05, 0) is 12.1 Å². The van der Waals surface area contributed by atoms with E-state index in [9.17, 15) is 4.79 Å². The average Bonchev–Trinajstić information content (AvgIpc) is 2.19. The third kappa shape index (κ3) is 1.90. The zero-order valence-electron chi connectivity index (χ0n) is 8.02. The van der Waals surface area contributed by atoms with Gasteiger partial charge in [-0.1, -0.05) is 11.6 Å². The van der Waals surface area contributed by atoms with E-state index in [0.29, 0.717) is 22.0 Å². The van der Waals surface area contributed by atoms with Crippen LogP contribution in [0, 0.1) is 0 Å². The highest BCUT2D eigenvalue weighted by molar-refractivity contribution is 6.34. The van der Waals surface area contributed by atoms with E-state index in [1.165, 1.54) is 0 Å². The van der Waals surface area contributed by atoms with Crippen molar-refractivity contribution in [1.82, 2.24) is 5.32 Å². The minimum atomic E-state index is -0.246. The molecule has 0 saturated heterocycles. The Morgan fingerprint density at radius 2 is 2.07 bits per heavy atom. The molecule has 1 amide bonds. The van der Waals surface area contributed by atoms with Gasteiger partial charge in [0, 0.05) is 14.1 Å². The molecule has 0 heterocycles. The molecule has 0 atom stereocenters. The van der Waals surface area contributed by atoms with E-state index in [1.54, 1.807) is 26.2 Å². The van der Waals surface area contributed by atoms with Gasteiger partial charge in [-0.25, -0.2) is 0 Å². The monoisotopic (exact) mass is 213 g/mol. The van der Waals surface area contributed by atoms with Gasteiger partial charge in [0.25, 0.3) is 5.91 Å². The van der Waals surface area contributed by atoms with E-state index in [-0.39, 0.29) is 5.91 Å². The highest BCUT2D eigenvalue weighted by Crippen LogP contribution is 2.26. The molecular weight excluding hydrogens is 202 g/mol. The van der Waals surface area contributed by atoms with E-state index >= 15 is 0 Å². The van der Waals surface area contributed by atoms with Crippen molar-refractivity contribution in [3.05, 3.63) is 22.7 Å². The maximum atomic E-state index is 11.3. The first-order valence-corrected chi connectivity index (χ1v) is 4.46. The van der Waals surface area contributed by atoms with Crippen molar-refractivity contribution in [2.45, 2.75) is 0 Å². The van der Waals surface area contributed by atoms with Crippen molar-refractivity contribution in [1.29, 1.82) is 0 Å². The lowest BCUT2D eigenvalue weighted by Gasteiger charge is -2.09. The molecule has 4 nitrogen and oxygen atoms in total. The number of amides is 1. The van der Waals surface area contributed by atoms with Gasteiger partial charge in [0.2, 0.25) is 0 Å². The molecular formula is C9H12ClN3O. The standard InChI is InChI=1S/C9H12ClN3O/c1-12-8-4-6(10)5(3-7(8)11)9(14)13-2/h3-4,12H,11H2,1-2H3,(H,13,14). The first kappa shape index (κ1) is 10.7. The van der Waals surface area contributed by atoms with Gasteiger partial charge in [-0.2, -0.15) is 0 Å². The lowest BCUT2D eigenvalue weighted by molar-refractivity contribution is 0.0963. The van der Waals surface area contributed by atoms with Crippen LogP contribution in [0.3, 0.4) is 0 Å². The molecule has 0 fully saturated rings. The Hall–Kier alpha value is -1.42. The van der Waals surface area contributed by atoms with E-state index in [2.05, 4.69) is 10.6 Å². The molecule has 0 aliphatic carbocycles. The Balaban J connectivity index is 3.21. The summed E-state index contributed by atoms with van der Waals surface area (Å²) in [6.45, 7) is 0. The number of carbonyl (C=O) groups excluding carboxylic acids is 1. The Morgan fingerprint density at radius 1 is 1.43 bits per heavy atom. The molecule has 0 aliphatic heterocycles. The summed E-state index contributed by atoms with van der Waals surface area (Å²) in [6, 6.07) is 3.18. The van der Waals surface area contributed by atoms with Crippen LogP contribution in [0.2, 0.25) is 5.02 Å². The van der Waals surface area contributed by atoms with Crippen molar-refractivity contribution in [2.24, 2.45) is 0 Å². The number of nitrogens with one attached hydrogen (secondary N) is 2. The molecule has 5 heteroatoms. The fourth-order valence-electron chi connectivity index (χ4n) is 1.12. The molecule has 0 radical (unpaired) electrons. The highest BCUT2D eigenvalue weighted by Gasteiger charge is 2.11. The SMILES string of the molecule is CNC(=O)c1cc(N)c(NC)cc1Cl. The lowest BCUT2D eigenvalue weighted by Crippen LogP contribution is -2.18. The van der Waals surface area contributed by atoms with Crippen LogP contribution >= 0.6 is 11.6 Å². The fraction of sp³-hybridized carbons (Fsp3) is 0.222. The fourth-order valence-corrected chi connectivity index (χ4v) is 1.36. The molecule has 1 aromatic carbocycles. The number of halogens is 1. The van der Waals surface area contributed by atoms with Crippen LogP contribution in [0.4, 0.5) is 11.4 Å². The second-order valence-corrected chi connectivity index (χ2v) is 3.16. The molecule has 0 spiro atoms. The summed E-state index contributed by atoms with van der Waals surface area (Å²) in [7, 11) is 3.28. The van der Waals surface area contributed by atoms with Gasteiger partial charge in [0.1, 0.15) is 0 Å². The summed E-state index contributed by atoms with van der Waals surface area (Å²) < 4.78 is 0. The molecule has 1 rings (SSSR count). The summed E-state index contributed by atoms with van der Waals surface area (Å²) in [5, 5.41) is 5.74. The Morgan fingerprint density at radius 3 is 2.57 bits per heavy atom. The van der Waals surface area contributed by atoms with Crippen LogP contribution in [0.5, 0.6) is 0 Å². The number of hydrogen-bond acceptors (Lipinski definition) is 3. The normalized spacial score (nSPS) is 9.64. The van der Waals surface area contributed by atoms with Crippen LogP contribution in [0.25, 0.3) is 0 Å². The molecule has 0 unspecified atom stereocenters. The van der Waals surface area contributed by atoms with Gasteiger partial charge in [0.05, 0.1) is 22.0 Å². The third-order valence-corrected chi connectivity index (χ3v) is 2.19. The van der Waals surface area contributed by atoms with E-state index < -0.39 is 0 Å². The summed E-state index contributed by atoms with van der Waals surface area (Å²) in [5.41, 5.74) is 7.28. The zero-order valence-corrected chi connectivity index (χ0v) is 8.77. The van der Waals surface area contributed by atoms with Crippen LogP contribution < -0.4 is 16.4 Å². The smallest absolute Gasteiger partial charge is 0.252 e. The molecule has 0 aliphatic rings. The number of rotatable bonds is 2. The predicted molar refractivity (Wildman–Crippen MR) is 58.8 cm³/mol. The molecule has 14 heavy (non-hydrogen) atoms. The number of nitrogen functional groups attached to an aromatic ring is 1. The molecule has 0 saturated carbocycles. The van der Waals surface area contributed by atoms with Crippen LogP contribution in [-0.2, 0) is 0 Å². The molecule has 0 bridgehead atoms. The predicted octanol–water partition coefficient (Wildman–Crippen LogP) is 1.32. The number of hydrogen-bond donors (Lipinski definition) is 3. The Bertz CT molecular complexity index is 365.